The first kappa shape index (κ1) is 10.2. The number of urea groups is 1. The molecule has 4 nitrogen and oxygen atoms in total. The van der Waals surface area contributed by atoms with Crippen LogP contribution in [0.4, 0.5) is 4.79 Å². The predicted molar refractivity (Wildman–Crippen MR) is 48.5 cm³/mol. The maximum atomic E-state index is 10.7. The van der Waals surface area contributed by atoms with E-state index in [9.17, 15) is 4.79 Å². The second-order valence-electron chi connectivity index (χ2n) is 2.09. The normalized spacial score (nSPS) is 11.8. The zero-order valence-electron chi connectivity index (χ0n) is 6.68. The van der Waals surface area contributed by atoms with Crippen LogP contribution in [0.15, 0.2) is 0 Å². The molecule has 0 bridgehead atoms. The van der Waals surface area contributed by atoms with Gasteiger partial charge in [-0.3, -0.25) is 0 Å². The van der Waals surface area contributed by atoms with Gasteiger partial charge in [0.15, 0.2) is 0 Å². The van der Waals surface area contributed by atoms with E-state index in [0.29, 0.717) is 11.4 Å². The lowest BCUT2D eigenvalue weighted by Gasteiger charge is -2.14. The van der Waals surface area contributed by atoms with Gasteiger partial charge in [-0.25, -0.2) is 4.79 Å². The molecule has 0 fully saturated rings. The van der Waals surface area contributed by atoms with Gasteiger partial charge < -0.3 is 16.4 Å². The minimum atomic E-state index is -0.260. The van der Waals surface area contributed by atoms with Crippen molar-refractivity contribution < 1.29 is 4.79 Å². The average Bonchev–Trinajstić information content (AvgIpc) is 1.99. The SMILES string of the molecule is CCC(NC(=O)NC)C(N)=S. The van der Waals surface area contributed by atoms with Gasteiger partial charge in [0.05, 0.1) is 11.0 Å². The molecule has 0 aliphatic rings. The maximum Gasteiger partial charge on any atom is 0.315 e. The highest BCUT2D eigenvalue weighted by Gasteiger charge is 2.10. The molecule has 0 radical (unpaired) electrons. The standard InChI is InChI=1S/C6H13N3OS/c1-3-4(5(7)11)9-6(10)8-2/h4H,3H2,1-2H3,(H2,7,11)(H2,8,9,10). The molecule has 0 spiro atoms. The van der Waals surface area contributed by atoms with E-state index in [1.165, 1.54) is 0 Å². The summed E-state index contributed by atoms with van der Waals surface area (Å²) in [7, 11) is 1.54. The van der Waals surface area contributed by atoms with Crippen LogP contribution in [-0.4, -0.2) is 24.1 Å². The Bertz CT molecular complexity index is 160. The molecule has 0 saturated heterocycles. The van der Waals surface area contributed by atoms with E-state index in [1.54, 1.807) is 7.05 Å². The summed E-state index contributed by atoms with van der Waals surface area (Å²) >= 11 is 4.72. The van der Waals surface area contributed by atoms with E-state index in [0.717, 1.165) is 0 Å². The van der Waals surface area contributed by atoms with Gasteiger partial charge in [-0.15, -0.1) is 0 Å². The monoisotopic (exact) mass is 175 g/mol. The van der Waals surface area contributed by atoms with Crippen LogP contribution in [0, 0.1) is 0 Å². The van der Waals surface area contributed by atoms with Crippen LogP contribution < -0.4 is 16.4 Å². The smallest absolute Gasteiger partial charge is 0.315 e. The third kappa shape index (κ3) is 3.77. The fourth-order valence-corrected chi connectivity index (χ4v) is 0.830. The maximum absolute atomic E-state index is 10.7. The van der Waals surface area contributed by atoms with Crippen molar-refractivity contribution >= 4 is 23.2 Å². The lowest BCUT2D eigenvalue weighted by Crippen LogP contribution is -2.46. The van der Waals surface area contributed by atoms with Crippen LogP contribution in [0.3, 0.4) is 0 Å². The summed E-state index contributed by atoms with van der Waals surface area (Å²) in [5.74, 6) is 0. The summed E-state index contributed by atoms with van der Waals surface area (Å²) in [5.41, 5.74) is 5.34. The predicted octanol–water partition coefficient (Wildman–Crippen LogP) is -0.0199. The van der Waals surface area contributed by atoms with Gasteiger partial charge in [-0.1, -0.05) is 19.1 Å². The number of amides is 2. The highest BCUT2D eigenvalue weighted by atomic mass is 32.1. The molecule has 0 rings (SSSR count). The molecule has 1 unspecified atom stereocenters. The molecule has 2 amide bonds. The zero-order valence-corrected chi connectivity index (χ0v) is 7.49. The number of carbonyl (C=O) groups excluding carboxylic acids is 1. The topological polar surface area (TPSA) is 67.2 Å². The average molecular weight is 175 g/mol. The van der Waals surface area contributed by atoms with Crippen molar-refractivity contribution in [3.63, 3.8) is 0 Å². The first-order valence-electron chi connectivity index (χ1n) is 3.39. The van der Waals surface area contributed by atoms with Crippen LogP contribution in [0.25, 0.3) is 0 Å². The molecule has 0 saturated carbocycles. The largest absolute Gasteiger partial charge is 0.392 e. The third-order valence-corrected chi connectivity index (χ3v) is 1.57. The van der Waals surface area contributed by atoms with Gasteiger partial charge in [0.1, 0.15) is 0 Å². The van der Waals surface area contributed by atoms with E-state index in [4.69, 9.17) is 18.0 Å². The molecule has 0 aromatic carbocycles. The fourth-order valence-electron chi connectivity index (χ4n) is 0.605. The van der Waals surface area contributed by atoms with Gasteiger partial charge in [-0.2, -0.15) is 0 Å². The third-order valence-electron chi connectivity index (χ3n) is 1.28. The number of nitrogens with two attached hydrogens (primary N) is 1. The number of nitrogens with one attached hydrogen (secondary N) is 2. The van der Waals surface area contributed by atoms with Crippen molar-refractivity contribution in [1.29, 1.82) is 0 Å². The molecule has 4 N–H and O–H groups in total. The van der Waals surface area contributed by atoms with Crippen molar-refractivity contribution in [2.75, 3.05) is 7.05 Å². The number of hydrogen-bond acceptors (Lipinski definition) is 2. The molecule has 5 heteroatoms. The summed E-state index contributed by atoms with van der Waals surface area (Å²) < 4.78 is 0. The van der Waals surface area contributed by atoms with Crippen molar-refractivity contribution in [1.82, 2.24) is 10.6 Å². The molecule has 0 aromatic rings. The summed E-state index contributed by atoms with van der Waals surface area (Å²) in [4.78, 5) is 11.1. The van der Waals surface area contributed by atoms with Gasteiger partial charge >= 0.3 is 6.03 Å². The summed E-state index contributed by atoms with van der Waals surface area (Å²) in [5, 5.41) is 5.02. The lowest BCUT2D eigenvalue weighted by atomic mass is 10.2. The molecule has 1 atom stereocenters. The Hall–Kier alpha value is -0.840. The van der Waals surface area contributed by atoms with Crippen LogP contribution in [0.1, 0.15) is 13.3 Å². The molecule has 0 aliphatic heterocycles. The number of thiocarbonyl (C=S) groups is 1. The molecule has 0 aromatic heterocycles. The summed E-state index contributed by atoms with van der Waals surface area (Å²) in [6.45, 7) is 1.90. The fraction of sp³-hybridized carbons (Fsp3) is 0.667. The van der Waals surface area contributed by atoms with Gasteiger partial charge in [0.2, 0.25) is 0 Å². The highest BCUT2D eigenvalue weighted by Crippen LogP contribution is 1.90. The van der Waals surface area contributed by atoms with Crippen molar-refractivity contribution in [2.45, 2.75) is 19.4 Å². The summed E-state index contributed by atoms with van der Waals surface area (Å²) in [6.07, 6.45) is 0.711. The highest BCUT2D eigenvalue weighted by molar-refractivity contribution is 7.80. The molecule has 11 heavy (non-hydrogen) atoms. The Morgan fingerprint density at radius 2 is 2.27 bits per heavy atom. The molecule has 64 valence electrons. The van der Waals surface area contributed by atoms with Gasteiger partial charge in [-0.05, 0) is 6.42 Å². The van der Waals surface area contributed by atoms with Crippen LogP contribution in [0.2, 0.25) is 0 Å². The zero-order chi connectivity index (χ0) is 8.85. The Morgan fingerprint density at radius 1 is 1.73 bits per heavy atom. The Balaban J connectivity index is 3.88. The molecule has 0 aliphatic carbocycles. The lowest BCUT2D eigenvalue weighted by molar-refractivity contribution is 0.241. The second kappa shape index (κ2) is 4.90. The summed E-state index contributed by atoms with van der Waals surface area (Å²) in [6, 6.07) is -0.463. The number of rotatable bonds is 3. The van der Waals surface area contributed by atoms with E-state index >= 15 is 0 Å². The second-order valence-corrected chi connectivity index (χ2v) is 2.56. The van der Waals surface area contributed by atoms with Crippen LogP contribution in [-0.2, 0) is 0 Å². The minimum Gasteiger partial charge on any atom is -0.392 e. The number of carbonyl (C=O) groups is 1. The van der Waals surface area contributed by atoms with Gasteiger partial charge in [0.25, 0.3) is 0 Å². The van der Waals surface area contributed by atoms with Crippen molar-refractivity contribution in [2.24, 2.45) is 5.73 Å². The quantitative estimate of drug-likeness (QED) is 0.528. The van der Waals surface area contributed by atoms with Gasteiger partial charge in [0, 0.05) is 7.05 Å². The van der Waals surface area contributed by atoms with Crippen LogP contribution >= 0.6 is 12.2 Å². The minimum absolute atomic E-state index is 0.204. The Kier molecular flexibility index (Phi) is 4.52. The van der Waals surface area contributed by atoms with E-state index in [-0.39, 0.29) is 12.1 Å². The van der Waals surface area contributed by atoms with Crippen molar-refractivity contribution in [3.8, 4) is 0 Å². The molecular formula is C6H13N3OS. The first-order chi connectivity index (χ1) is 5.11. The molecule has 0 heterocycles. The van der Waals surface area contributed by atoms with E-state index in [2.05, 4.69) is 10.6 Å². The molecular weight excluding hydrogens is 162 g/mol. The Labute approximate surface area is 71.5 Å². The van der Waals surface area contributed by atoms with E-state index in [1.807, 2.05) is 6.92 Å². The first-order valence-corrected chi connectivity index (χ1v) is 3.80. The van der Waals surface area contributed by atoms with E-state index < -0.39 is 0 Å². The number of hydrogen-bond donors (Lipinski definition) is 3. The van der Waals surface area contributed by atoms with Crippen molar-refractivity contribution in [3.05, 3.63) is 0 Å². The Morgan fingerprint density at radius 3 is 2.55 bits per heavy atom. The van der Waals surface area contributed by atoms with Crippen LogP contribution in [0.5, 0.6) is 0 Å².